The minimum Gasteiger partial charge on any atom is -0.378 e. The lowest BCUT2D eigenvalue weighted by Crippen LogP contribution is -2.53. The summed E-state index contributed by atoms with van der Waals surface area (Å²) in [6, 6.07) is 2.35. The van der Waals surface area contributed by atoms with E-state index >= 15 is 0 Å². The van der Waals surface area contributed by atoms with Gasteiger partial charge in [0.25, 0.3) is 5.91 Å². The van der Waals surface area contributed by atoms with E-state index in [4.69, 9.17) is 10.5 Å². The Morgan fingerprint density at radius 1 is 1.24 bits per heavy atom. The first kappa shape index (κ1) is 25.3. The maximum Gasteiger partial charge on any atom is 0.257 e. The fraction of sp³-hybridized carbons (Fsp3) is 0.600. The molecule has 3 N–H and O–H groups in total. The predicted molar refractivity (Wildman–Crippen MR) is 109 cm³/mol. The van der Waals surface area contributed by atoms with Crippen molar-refractivity contribution in [1.82, 2.24) is 10.2 Å². The van der Waals surface area contributed by atoms with Crippen molar-refractivity contribution in [3.63, 3.8) is 0 Å². The molecule has 1 aromatic carbocycles. The first-order chi connectivity index (χ1) is 13.3. The molecule has 1 aliphatic rings. The van der Waals surface area contributed by atoms with Crippen molar-refractivity contribution in [3.8, 4) is 0 Å². The molecule has 9 heteroatoms. The Bertz CT molecular complexity index is 663. The number of piperidine rings is 1. The van der Waals surface area contributed by atoms with Crippen molar-refractivity contribution in [2.75, 3.05) is 26.2 Å². The van der Waals surface area contributed by atoms with Crippen LogP contribution in [0.4, 0.5) is 8.78 Å². The number of benzene rings is 1. The van der Waals surface area contributed by atoms with Crippen LogP contribution in [0, 0.1) is 17.6 Å². The van der Waals surface area contributed by atoms with Gasteiger partial charge in [-0.25, -0.2) is 8.78 Å². The van der Waals surface area contributed by atoms with E-state index in [0.717, 1.165) is 18.6 Å². The highest BCUT2D eigenvalue weighted by molar-refractivity contribution is 5.98. The van der Waals surface area contributed by atoms with Crippen LogP contribution in [-0.4, -0.2) is 55.1 Å². The Hall–Kier alpha value is -1.77. The molecule has 0 saturated carbocycles. The third-order valence-electron chi connectivity index (χ3n) is 4.86. The van der Waals surface area contributed by atoms with E-state index in [9.17, 15) is 18.4 Å². The van der Waals surface area contributed by atoms with Crippen LogP contribution in [0.5, 0.6) is 0 Å². The standard InChI is InChI=1S/C20H29F2N3O3.ClH/c1-13(2)18(24-19(26)17-15(21)5-3-6-16(17)22)20(27)25-10-7-14(8-11-25)28-12-4-9-23;/h3,5-6,13-14,18H,4,7-12,23H2,1-2H3,(H,24,26);1H. The molecule has 0 aromatic heterocycles. The number of nitrogens with two attached hydrogens (primary N) is 1. The number of nitrogens with zero attached hydrogens (tertiary/aromatic N) is 1. The number of hydrogen-bond donors (Lipinski definition) is 2. The molecule has 1 unspecified atom stereocenters. The SMILES string of the molecule is CC(C)C(NC(=O)c1c(F)cccc1F)C(=O)N1CCC(OCCCN)CC1.Cl. The van der Waals surface area contributed by atoms with Crippen LogP contribution >= 0.6 is 12.4 Å². The molecule has 0 spiro atoms. The number of rotatable bonds is 8. The molecule has 29 heavy (non-hydrogen) atoms. The zero-order valence-corrected chi connectivity index (χ0v) is 17.6. The van der Waals surface area contributed by atoms with Crippen molar-refractivity contribution in [3.05, 3.63) is 35.4 Å². The van der Waals surface area contributed by atoms with Gasteiger partial charge in [-0.1, -0.05) is 19.9 Å². The highest BCUT2D eigenvalue weighted by atomic mass is 35.5. The molecular formula is C20H30ClF2N3O3. The van der Waals surface area contributed by atoms with E-state index in [0.29, 0.717) is 39.1 Å². The van der Waals surface area contributed by atoms with Gasteiger partial charge in [0.15, 0.2) is 0 Å². The molecule has 2 amide bonds. The second-order valence-corrected chi connectivity index (χ2v) is 7.33. The molecular weight excluding hydrogens is 404 g/mol. The van der Waals surface area contributed by atoms with E-state index in [-0.39, 0.29) is 30.3 Å². The normalized spacial score (nSPS) is 15.7. The topological polar surface area (TPSA) is 84.7 Å². The van der Waals surface area contributed by atoms with Crippen molar-refractivity contribution in [1.29, 1.82) is 0 Å². The van der Waals surface area contributed by atoms with Gasteiger partial charge in [-0.15, -0.1) is 12.4 Å². The maximum absolute atomic E-state index is 13.9. The molecule has 2 rings (SSSR count). The molecule has 1 heterocycles. The third kappa shape index (κ3) is 6.90. The Kier molecular flexibility index (Phi) is 10.5. The lowest BCUT2D eigenvalue weighted by Gasteiger charge is -2.35. The molecule has 1 aromatic rings. The van der Waals surface area contributed by atoms with E-state index in [1.807, 2.05) is 0 Å². The van der Waals surface area contributed by atoms with Gasteiger partial charge in [-0.2, -0.15) is 0 Å². The van der Waals surface area contributed by atoms with E-state index in [2.05, 4.69) is 5.32 Å². The van der Waals surface area contributed by atoms with Crippen molar-refractivity contribution in [2.24, 2.45) is 11.7 Å². The summed E-state index contributed by atoms with van der Waals surface area (Å²) in [5.41, 5.74) is 4.78. The number of halogens is 3. The first-order valence-corrected chi connectivity index (χ1v) is 9.70. The Morgan fingerprint density at radius 3 is 2.34 bits per heavy atom. The molecule has 1 fully saturated rings. The Morgan fingerprint density at radius 2 is 1.83 bits per heavy atom. The quantitative estimate of drug-likeness (QED) is 0.617. The highest BCUT2D eigenvalue weighted by Crippen LogP contribution is 2.18. The zero-order chi connectivity index (χ0) is 20.7. The van der Waals surface area contributed by atoms with Gasteiger partial charge in [0.2, 0.25) is 5.91 Å². The van der Waals surface area contributed by atoms with Crippen LogP contribution in [0.1, 0.15) is 43.5 Å². The number of carbonyl (C=O) groups excluding carboxylic acids is 2. The molecule has 6 nitrogen and oxygen atoms in total. The van der Waals surface area contributed by atoms with Crippen molar-refractivity contribution < 1.29 is 23.1 Å². The summed E-state index contributed by atoms with van der Waals surface area (Å²) in [5.74, 6) is -3.32. The summed E-state index contributed by atoms with van der Waals surface area (Å²) in [4.78, 5) is 27.0. The summed E-state index contributed by atoms with van der Waals surface area (Å²) in [7, 11) is 0. The number of ether oxygens (including phenoxy) is 1. The van der Waals surface area contributed by atoms with Crippen LogP contribution in [0.25, 0.3) is 0 Å². The molecule has 0 bridgehead atoms. The average molecular weight is 434 g/mol. The van der Waals surface area contributed by atoms with E-state index in [1.165, 1.54) is 6.07 Å². The second-order valence-electron chi connectivity index (χ2n) is 7.33. The summed E-state index contributed by atoms with van der Waals surface area (Å²) in [6.45, 7) is 5.77. The highest BCUT2D eigenvalue weighted by Gasteiger charge is 2.32. The summed E-state index contributed by atoms with van der Waals surface area (Å²) < 4.78 is 33.5. The minimum absolute atomic E-state index is 0. The maximum atomic E-state index is 13.9. The van der Waals surface area contributed by atoms with E-state index in [1.54, 1.807) is 18.7 Å². The van der Waals surface area contributed by atoms with Gasteiger partial charge < -0.3 is 20.7 Å². The lowest BCUT2D eigenvalue weighted by molar-refractivity contribution is -0.137. The van der Waals surface area contributed by atoms with Gasteiger partial charge in [0.05, 0.1) is 6.10 Å². The van der Waals surface area contributed by atoms with Gasteiger partial charge in [0.1, 0.15) is 23.2 Å². The van der Waals surface area contributed by atoms with Crippen LogP contribution in [0.15, 0.2) is 18.2 Å². The summed E-state index contributed by atoms with van der Waals surface area (Å²) >= 11 is 0. The molecule has 1 saturated heterocycles. The third-order valence-corrected chi connectivity index (χ3v) is 4.86. The van der Waals surface area contributed by atoms with Gasteiger partial charge in [-0.05, 0) is 43.9 Å². The fourth-order valence-corrected chi connectivity index (χ4v) is 3.21. The van der Waals surface area contributed by atoms with Crippen LogP contribution in [0.2, 0.25) is 0 Å². The van der Waals surface area contributed by atoms with Crippen molar-refractivity contribution in [2.45, 2.75) is 45.3 Å². The number of likely N-dealkylation sites (tertiary alicyclic amines) is 1. The predicted octanol–water partition coefficient (Wildman–Crippen LogP) is 2.50. The summed E-state index contributed by atoms with van der Waals surface area (Å²) in [5, 5.41) is 2.51. The number of nitrogens with one attached hydrogen (secondary N) is 1. The van der Waals surface area contributed by atoms with Gasteiger partial charge in [-0.3, -0.25) is 9.59 Å². The van der Waals surface area contributed by atoms with Crippen molar-refractivity contribution >= 4 is 24.2 Å². The smallest absolute Gasteiger partial charge is 0.257 e. The minimum atomic E-state index is -0.956. The summed E-state index contributed by atoms with van der Waals surface area (Å²) in [6.07, 6.45) is 2.30. The zero-order valence-electron chi connectivity index (χ0n) is 16.8. The monoisotopic (exact) mass is 433 g/mol. The van der Waals surface area contributed by atoms with E-state index < -0.39 is 29.1 Å². The Balaban J connectivity index is 0.00000420. The molecule has 0 radical (unpaired) electrons. The first-order valence-electron chi connectivity index (χ1n) is 9.70. The lowest BCUT2D eigenvalue weighted by atomic mass is 9.99. The molecule has 1 atom stereocenters. The fourth-order valence-electron chi connectivity index (χ4n) is 3.21. The molecule has 0 aliphatic carbocycles. The van der Waals surface area contributed by atoms with Crippen LogP contribution in [0.3, 0.4) is 0 Å². The number of carbonyl (C=O) groups is 2. The van der Waals surface area contributed by atoms with Crippen LogP contribution in [-0.2, 0) is 9.53 Å². The van der Waals surface area contributed by atoms with Gasteiger partial charge >= 0.3 is 0 Å². The largest absolute Gasteiger partial charge is 0.378 e. The molecule has 1 aliphatic heterocycles. The Labute approximate surface area is 176 Å². The number of amides is 2. The average Bonchev–Trinajstić information content (AvgIpc) is 2.66. The van der Waals surface area contributed by atoms with Crippen LogP contribution < -0.4 is 11.1 Å². The molecule has 164 valence electrons. The van der Waals surface area contributed by atoms with Gasteiger partial charge in [0, 0.05) is 19.7 Å². The second kappa shape index (κ2) is 12.0. The number of hydrogen-bond acceptors (Lipinski definition) is 4.